The summed E-state index contributed by atoms with van der Waals surface area (Å²) in [6.07, 6.45) is 0. The maximum atomic E-state index is 13.3. The first kappa shape index (κ1) is 17.9. The molecule has 0 atom stereocenters. The van der Waals surface area contributed by atoms with Crippen LogP contribution in [0, 0.1) is 13.8 Å². The molecular formula is C24H21N3O. The Morgan fingerprint density at radius 2 is 1.54 bits per heavy atom. The molecule has 1 aromatic heterocycles. The van der Waals surface area contributed by atoms with Gasteiger partial charge in [0.15, 0.2) is 0 Å². The Kier molecular flexibility index (Phi) is 4.62. The standard InChI is InChI=1S/C24H21N3O/c1-16-12-14-19(15-13-16)25-26-22-21-17(2)8-7-11-20(21)27(3)23(22)24(28)18-9-5-4-6-10-18/h4-15H,1-3H3. The summed E-state index contributed by atoms with van der Waals surface area (Å²) in [6.45, 7) is 4.07. The summed E-state index contributed by atoms with van der Waals surface area (Å²) >= 11 is 0. The van der Waals surface area contributed by atoms with E-state index >= 15 is 0 Å². The van der Waals surface area contributed by atoms with Crippen LogP contribution < -0.4 is 0 Å². The van der Waals surface area contributed by atoms with Crippen LogP contribution in [0.4, 0.5) is 11.4 Å². The van der Waals surface area contributed by atoms with Gasteiger partial charge in [0.25, 0.3) is 0 Å². The SMILES string of the molecule is Cc1ccc(N=Nc2c(C(=O)c3ccccc3)n(C)c3cccc(C)c23)cc1. The molecule has 28 heavy (non-hydrogen) atoms. The Bertz CT molecular complexity index is 1190. The Labute approximate surface area is 164 Å². The van der Waals surface area contributed by atoms with Crippen molar-refractivity contribution in [1.82, 2.24) is 4.57 Å². The number of fused-ring (bicyclic) bond motifs is 1. The number of rotatable bonds is 4. The van der Waals surface area contributed by atoms with Crippen LogP contribution in [0.1, 0.15) is 27.2 Å². The maximum Gasteiger partial charge on any atom is 0.211 e. The first-order chi connectivity index (χ1) is 13.6. The average molecular weight is 367 g/mol. The van der Waals surface area contributed by atoms with Gasteiger partial charge in [0, 0.05) is 18.0 Å². The summed E-state index contributed by atoms with van der Waals surface area (Å²) in [5.74, 6) is -0.0587. The largest absolute Gasteiger partial charge is 0.339 e. The molecule has 138 valence electrons. The molecule has 0 saturated carbocycles. The van der Waals surface area contributed by atoms with Gasteiger partial charge in [0.2, 0.25) is 5.78 Å². The van der Waals surface area contributed by atoms with Gasteiger partial charge in [-0.15, -0.1) is 5.11 Å². The number of carbonyl (C=O) groups is 1. The summed E-state index contributed by atoms with van der Waals surface area (Å²) in [4.78, 5) is 13.3. The van der Waals surface area contributed by atoms with Gasteiger partial charge < -0.3 is 4.57 Å². The molecule has 0 aliphatic heterocycles. The van der Waals surface area contributed by atoms with Crippen molar-refractivity contribution in [2.75, 3.05) is 0 Å². The molecule has 4 aromatic rings. The van der Waals surface area contributed by atoms with E-state index in [2.05, 4.69) is 10.2 Å². The summed E-state index contributed by atoms with van der Waals surface area (Å²) in [5, 5.41) is 9.92. The quantitative estimate of drug-likeness (QED) is 0.302. The molecule has 1 heterocycles. The third kappa shape index (κ3) is 3.14. The van der Waals surface area contributed by atoms with Gasteiger partial charge >= 0.3 is 0 Å². The molecule has 0 spiro atoms. The number of hydrogen-bond donors (Lipinski definition) is 0. The van der Waals surface area contributed by atoms with Crippen LogP contribution in [0.25, 0.3) is 10.9 Å². The summed E-state index contributed by atoms with van der Waals surface area (Å²) in [5.41, 5.74) is 5.76. The molecule has 0 radical (unpaired) electrons. The monoisotopic (exact) mass is 367 g/mol. The van der Waals surface area contributed by atoms with Crippen molar-refractivity contribution >= 4 is 28.1 Å². The second-order valence-electron chi connectivity index (χ2n) is 6.96. The zero-order valence-electron chi connectivity index (χ0n) is 16.2. The lowest BCUT2D eigenvalue weighted by molar-refractivity contribution is 0.103. The van der Waals surface area contributed by atoms with Gasteiger partial charge in [0.1, 0.15) is 11.4 Å². The van der Waals surface area contributed by atoms with E-state index in [1.165, 1.54) is 5.56 Å². The Balaban J connectivity index is 1.92. The van der Waals surface area contributed by atoms with Crippen molar-refractivity contribution in [2.24, 2.45) is 17.3 Å². The zero-order chi connectivity index (χ0) is 19.7. The molecule has 0 aliphatic rings. The van der Waals surface area contributed by atoms with Crippen molar-refractivity contribution in [2.45, 2.75) is 13.8 Å². The first-order valence-corrected chi connectivity index (χ1v) is 9.22. The van der Waals surface area contributed by atoms with Gasteiger partial charge in [-0.1, -0.05) is 60.2 Å². The normalized spacial score (nSPS) is 11.4. The topological polar surface area (TPSA) is 46.7 Å². The van der Waals surface area contributed by atoms with Gasteiger partial charge in [-0.25, -0.2) is 0 Å². The molecule has 0 bridgehead atoms. The van der Waals surface area contributed by atoms with Crippen molar-refractivity contribution in [3.63, 3.8) is 0 Å². The second kappa shape index (κ2) is 7.24. The van der Waals surface area contributed by atoms with E-state index in [1.54, 1.807) is 0 Å². The molecular weight excluding hydrogens is 346 g/mol. The number of ketones is 1. The van der Waals surface area contributed by atoms with E-state index in [0.29, 0.717) is 16.9 Å². The number of benzene rings is 3. The molecule has 4 heteroatoms. The van der Waals surface area contributed by atoms with Crippen molar-refractivity contribution in [1.29, 1.82) is 0 Å². The van der Waals surface area contributed by atoms with E-state index in [9.17, 15) is 4.79 Å². The van der Waals surface area contributed by atoms with Crippen LogP contribution in [-0.2, 0) is 7.05 Å². The number of hydrogen-bond acceptors (Lipinski definition) is 3. The minimum atomic E-state index is -0.0587. The van der Waals surface area contributed by atoms with Gasteiger partial charge in [-0.05, 0) is 37.6 Å². The predicted octanol–water partition coefficient (Wildman–Crippen LogP) is 6.44. The van der Waals surface area contributed by atoms with Crippen molar-refractivity contribution < 1.29 is 4.79 Å². The average Bonchev–Trinajstić information content (AvgIpc) is 3.01. The van der Waals surface area contributed by atoms with Crippen LogP contribution in [0.5, 0.6) is 0 Å². The minimum absolute atomic E-state index is 0.0587. The maximum absolute atomic E-state index is 13.3. The first-order valence-electron chi connectivity index (χ1n) is 9.22. The highest BCUT2D eigenvalue weighted by Gasteiger charge is 2.23. The van der Waals surface area contributed by atoms with Crippen LogP contribution in [0.2, 0.25) is 0 Å². The molecule has 0 fully saturated rings. The highest BCUT2D eigenvalue weighted by atomic mass is 16.1. The Hall–Kier alpha value is -3.53. The van der Waals surface area contributed by atoms with Crippen molar-refractivity contribution in [3.8, 4) is 0 Å². The van der Waals surface area contributed by atoms with E-state index in [1.807, 2.05) is 98.3 Å². The molecule has 4 nitrogen and oxygen atoms in total. The number of nitrogens with zero attached hydrogens (tertiary/aromatic N) is 3. The van der Waals surface area contributed by atoms with Crippen LogP contribution in [0.3, 0.4) is 0 Å². The van der Waals surface area contributed by atoms with E-state index < -0.39 is 0 Å². The third-order valence-corrected chi connectivity index (χ3v) is 4.96. The summed E-state index contributed by atoms with van der Waals surface area (Å²) in [6, 6.07) is 23.2. The Morgan fingerprint density at radius 1 is 0.821 bits per heavy atom. The predicted molar refractivity (Wildman–Crippen MR) is 113 cm³/mol. The highest BCUT2D eigenvalue weighted by Crippen LogP contribution is 2.37. The van der Waals surface area contributed by atoms with Gasteiger partial charge in [0.05, 0.1) is 11.2 Å². The Morgan fingerprint density at radius 3 is 2.25 bits per heavy atom. The second-order valence-corrected chi connectivity index (χ2v) is 6.96. The minimum Gasteiger partial charge on any atom is -0.339 e. The highest BCUT2D eigenvalue weighted by molar-refractivity contribution is 6.16. The van der Waals surface area contributed by atoms with Crippen LogP contribution in [0.15, 0.2) is 83.0 Å². The molecule has 0 unspecified atom stereocenters. The lowest BCUT2D eigenvalue weighted by Crippen LogP contribution is -2.07. The molecule has 4 rings (SSSR count). The smallest absolute Gasteiger partial charge is 0.211 e. The van der Waals surface area contributed by atoms with Crippen LogP contribution in [-0.4, -0.2) is 10.4 Å². The fraction of sp³-hybridized carbons (Fsp3) is 0.125. The molecule has 0 saturated heterocycles. The number of aryl methyl sites for hydroxylation is 3. The lowest BCUT2D eigenvalue weighted by Gasteiger charge is -2.04. The van der Waals surface area contributed by atoms with E-state index in [0.717, 1.165) is 22.2 Å². The van der Waals surface area contributed by atoms with Crippen molar-refractivity contribution in [3.05, 3.63) is 95.2 Å². The molecule has 0 N–H and O–H groups in total. The van der Waals surface area contributed by atoms with E-state index in [4.69, 9.17) is 0 Å². The fourth-order valence-electron chi connectivity index (χ4n) is 3.44. The van der Waals surface area contributed by atoms with Gasteiger partial charge in [-0.3, -0.25) is 4.79 Å². The lowest BCUT2D eigenvalue weighted by atomic mass is 10.1. The third-order valence-electron chi connectivity index (χ3n) is 4.96. The summed E-state index contributed by atoms with van der Waals surface area (Å²) in [7, 11) is 1.91. The zero-order valence-corrected chi connectivity index (χ0v) is 16.2. The van der Waals surface area contributed by atoms with E-state index in [-0.39, 0.29) is 5.78 Å². The number of carbonyl (C=O) groups excluding carboxylic acids is 1. The molecule has 0 aliphatic carbocycles. The fourth-order valence-corrected chi connectivity index (χ4v) is 3.44. The van der Waals surface area contributed by atoms with Crippen LogP contribution >= 0.6 is 0 Å². The number of azo groups is 1. The summed E-state index contributed by atoms with van der Waals surface area (Å²) < 4.78 is 1.92. The van der Waals surface area contributed by atoms with Gasteiger partial charge in [-0.2, -0.15) is 5.11 Å². The molecule has 3 aromatic carbocycles. The molecule has 0 amide bonds. The number of aromatic nitrogens is 1.